The van der Waals surface area contributed by atoms with E-state index in [4.69, 9.17) is 9.47 Å². The summed E-state index contributed by atoms with van der Waals surface area (Å²) in [5, 5.41) is 0. The van der Waals surface area contributed by atoms with Gasteiger partial charge in [0.05, 0.1) is 20.1 Å². The molecule has 1 aromatic rings. The summed E-state index contributed by atoms with van der Waals surface area (Å²) in [7, 11) is 1.61. The van der Waals surface area contributed by atoms with Crippen molar-refractivity contribution in [1.29, 1.82) is 0 Å². The SMILES string of the molecule is C=CCC1(CC(=O)OCC)CCc2cc(OC)ccc2C1=O. The molecule has 1 aliphatic rings. The van der Waals surface area contributed by atoms with Crippen LogP contribution in [-0.4, -0.2) is 25.5 Å². The molecular formula is C18H22O4. The van der Waals surface area contributed by atoms with Gasteiger partial charge in [0.25, 0.3) is 0 Å². The minimum Gasteiger partial charge on any atom is -0.497 e. The van der Waals surface area contributed by atoms with Crippen LogP contribution in [-0.2, 0) is 16.0 Å². The molecule has 118 valence electrons. The maximum atomic E-state index is 13.0. The molecule has 0 spiro atoms. The van der Waals surface area contributed by atoms with Crippen LogP contribution in [0.1, 0.15) is 42.1 Å². The van der Waals surface area contributed by atoms with Crippen LogP contribution in [0.25, 0.3) is 0 Å². The fourth-order valence-electron chi connectivity index (χ4n) is 3.10. The number of hydrogen-bond acceptors (Lipinski definition) is 4. The number of esters is 1. The molecule has 0 N–H and O–H groups in total. The lowest BCUT2D eigenvalue weighted by Crippen LogP contribution is -2.38. The highest BCUT2D eigenvalue weighted by molar-refractivity contribution is 6.04. The van der Waals surface area contributed by atoms with Gasteiger partial charge in [-0.1, -0.05) is 6.08 Å². The number of aryl methyl sites for hydroxylation is 1. The molecule has 0 bridgehead atoms. The Bertz CT molecular complexity index is 591. The van der Waals surface area contributed by atoms with E-state index in [1.54, 1.807) is 32.2 Å². The fraction of sp³-hybridized carbons (Fsp3) is 0.444. The number of fused-ring (bicyclic) bond motifs is 1. The molecule has 0 amide bonds. The van der Waals surface area contributed by atoms with Crippen molar-refractivity contribution in [2.75, 3.05) is 13.7 Å². The lowest BCUT2D eigenvalue weighted by molar-refractivity contribution is -0.145. The smallest absolute Gasteiger partial charge is 0.306 e. The minimum absolute atomic E-state index is 0.00403. The molecule has 1 unspecified atom stereocenters. The molecule has 4 heteroatoms. The van der Waals surface area contributed by atoms with E-state index in [1.807, 2.05) is 6.07 Å². The van der Waals surface area contributed by atoms with Crippen molar-refractivity contribution in [1.82, 2.24) is 0 Å². The number of hydrogen-bond donors (Lipinski definition) is 0. The molecule has 0 fully saturated rings. The standard InChI is InChI=1S/C18H22O4/c1-4-9-18(12-16(19)22-5-2)10-8-13-11-14(21-3)6-7-15(13)17(18)20/h4,6-7,11H,1,5,8-10,12H2,2-3H3. The van der Waals surface area contributed by atoms with Gasteiger partial charge in [-0.05, 0) is 49.9 Å². The molecule has 22 heavy (non-hydrogen) atoms. The Morgan fingerprint density at radius 3 is 2.86 bits per heavy atom. The predicted molar refractivity (Wildman–Crippen MR) is 84.1 cm³/mol. The van der Waals surface area contributed by atoms with Gasteiger partial charge in [-0.3, -0.25) is 9.59 Å². The van der Waals surface area contributed by atoms with E-state index in [0.717, 1.165) is 17.7 Å². The lowest BCUT2D eigenvalue weighted by Gasteiger charge is -2.35. The molecule has 1 aromatic carbocycles. The molecule has 0 aliphatic heterocycles. The second-order valence-corrected chi connectivity index (χ2v) is 5.61. The number of carbonyl (C=O) groups excluding carboxylic acids is 2. The second-order valence-electron chi connectivity index (χ2n) is 5.61. The van der Waals surface area contributed by atoms with Crippen LogP contribution in [0.3, 0.4) is 0 Å². The third kappa shape index (κ3) is 3.06. The highest BCUT2D eigenvalue weighted by atomic mass is 16.5. The Morgan fingerprint density at radius 2 is 2.23 bits per heavy atom. The molecule has 0 radical (unpaired) electrons. The average Bonchev–Trinajstić information content (AvgIpc) is 2.51. The van der Waals surface area contributed by atoms with Crippen molar-refractivity contribution in [2.45, 2.75) is 32.6 Å². The maximum absolute atomic E-state index is 13.0. The third-order valence-corrected chi connectivity index (χ3v) is 4.23. The number of allylic oxidation sites excluding steroid dienone is 1. The van der Waals surface area contributed by atoms with Gasteiger partial charge < -0.3 is 9.47 Å². The zero-order valence-electron chi connectivity index (χ0n) is 13.2. The summed E-state index contributed by atoms with van der Waals surface area (Å²) in [5.41, 5.74) is 0.932. The number of Topliss-reactive ketones (excluding diaryl/α,β-unsaturated/α-hetero) is 1. The van der Waals surface area contributed by atoms with Crippen molar-refractivity contribution < 1.29 is 19.1 Å². The van der Waals surface area contributed by atoms with Crippen molar-refractivity contribution >= 4 is 11.8 Å². The first-order chi connectivity index (χ1) is 10.6. The van der Waals surface area contributed by atoms with Gasteiger partial charge in [0.1, 0.15) is 5.75 Å². The van der Waals surface area contributed by atoms with Crippen molar-refractivity contribution in [3.63, 3.8) is 0 Å². The van der Waals surface area contributed by atoms with Crippen LogP contribution in [0.15, 0.2) is 30.9 Å². The lowest BCUT2D eigenvalue weighted by atomic mass is 9.66. The summed E-state index contributed by atoms with van der Waals surface area (Å²) in [6, 6.07) is 5.47. The normalized spacial score (nSPS) is 20.2. The molecule has 0 aromatic heterocycles. The van der Waals surface area contributed by atoms with Crippen LogP contribution in [0, 0.1) is 5.41 Å². The summed E-state index contributed by atoms with van der Waals surface area (Å²) < 4.78 is 10.3. The Morgan fingerprint density at radius 1 is 1.45 bits per heavy atom. The zero-order chi connectivity index (χ0) is 16.2. The first-order valence-corrected chi connectivity index (χ1v) is 7.54. The monoisotopic (exact) mass is 302 g/mol. The molecule has 4 nitrogen and oxygen atoms in total. The maximum Gasteiger partial charge on any atom is 0.306 e. The first kappa shape index (κ1) is 16.3. The number of methoxy groups -OCH3 is 1. The van der Waals surface area contributed by atoms with Gasteiger partial charge in [0.2, 0.25) is 0 Å². The Hall–Kier alpha value is -2.10. The van der Waals surface area contributed by atoms with Crippen LogP contribution in [0.2, 0.25) is 0 Å². The molecule has 0 saturated carbocycles. The summed E-state index contributed by atoms with van der Waals surface area (Å²) in [5.74, 6) is 0.423. The Balaban J connectivity index is 2.34. The Labute approximate surface area is 131 Å². The second kappa shape index (κ2) is 6.77. The van der Waals surface area contributed by atoms with E-state index < -0.39 is 5.41 Å². The van der Waals surface area contributed by atoms with Gasteiger partial charge in [0.15, 0.2) is 5.78 Å². The molecule has 0 heterocycles. The molecule has 2 rings (SSSR count). The number of ether oxygens (including phenoxy) is 2. The number of rotatable bonds is 6. The van der Waals surface area contributed by atoms with Crippen molar-refractivity contribution in [3.8, 4) is 5.75 Å². The molecule has 0 saturated heterocycles. The number of benzene rings is 1. The van der Waals surface area contributed by atoms with E-state index in [9.17, 15) is 9.59 Å². The van der Waals surface area contributed by atoms with E-state index >= 15 is 0 Å². The predicted octanol–water partition coefficient (Wildman–Crippen LogP) is 3.34. The minimum atomic E-state index is -0.727. The summed E-state index contributed by atoms with van der Waals surface area (Å²) in [6.07, 6.45) is 3.67. The number of carbonyl (C=O) groups is 2. The van der Waals surface area contributed by atoms with Gasteiger partial charge >= 0.3 is 5.97 Å². The highest BCUT2D eigenvalue weighted by Gasteiger charge is 2.43. The highest BCUT2D eigenvalue weighted by Crippen LogP contribution is 2.42. The van der Waals surface area contributed by atoms with Crippen molar-refractivity contribution in [3.05, 3.63) is 42.0 Å². The Kier molecular flexibility index (Phi) is 5.01. The van der Waals surface area contributed by atoms with Gasteiger partial charge in [-0.25, -0.2) is 0 Å². The van der Waals surface area contributed by atoms with Gasteiger partial charge in [-0.15, -0.1) is 6.58 Å². The molecule has 1 aliphatic carbocycles. The van der Waals surface area contributed by atoms with E-state index in [2.05, 4.69) is 6.58 Å². The topological polar surface area (TPSA) is 52.6 Å². The van der Waals surface area contributed by atoms with Crippen LogP contribution in [0.5, 0.6) is 5.75 Å². The first-order valence-electron chi connectivity index (χ1n) is 7.54. The van der Waals surface area contributed by atoms with Crippen LogP contribution < -0.4 is 4.74 Å². The van der Waals surface area contributed by atoms with E-state index in [1.165, 1.54) is 0 Å². The summed E-state index contributed by atoms with van der Waals surface area (Å²) >= 11 is 0. The van der Waals surface area contributed by atoms with Crippen LogP contribution in [0.4, 0.5) is 0 Å². The number of ketones is 1. The summed E-state index contributed by atoms with van der Waals surface area (Å²) in [4.78, 5) is 24.9. The summed E-state index contributed by atoms with van der Waals surface area (Å²) in [6.45, 7) is 5.84. The third-order valence-electron chi connectivity index (χ3n) is 4.23. The quantitative estimate of drug-likeness (QED) is 0.597. The van der Waals surface area contributed by atoms with E-state index in [-0.39, 0.29) is 18.2 Å². The fourth-order valence-corrected chi connectivity index (χ4v) is 3.10. The van der Waals surface area contributed by atoms with Crippen molar-refractivity contribution in [2.24, 2.45) is 5.41 Å². The molecular weight excluding hydrogens is 280 g/mol. The van der Waals surface area contributed by atoms with Crippen LogP contribution >= 0.6 is 0 Å². The largest absolute Gasteiger partial charge is 0.497 e. The zero-order valence-corrected chi connectivity index (χ0v) is 13.2. The average molecular weight is 302 g/mol. The molecule has 1 atom stereocenters. The van der Waals surface area contributed by atoms with E-state index in [0.29, 0.717) is 25.0 Å². The van der Waals surface area contributed by atoms with Gasteiger partial charge in [-0.2, -0.15) is 0 Å². The van der Waals surface area contributed by atoms with Gasteiger partial charge in [0, 0.05) is 11.0 Å².